The Morgan fingerprint density at radius 3 is 2.76 bits per heavy atom. The number of anilines is 1. The summed E-state index contributed by atoms with van der Waals surface area (Å²) in [7, 11) is 0. The molecule has 0 bridgehead atoms. The van der Waals surface area contributed by atoms with Crippen molar-refractivity contribution in [1.29, 1.82) is 0 Å². The van der Waals surface area contributed by atoms with Gasteiger partial charge in [-0.15, -0.1) is 0 Å². The van der Waals surface area contributed by atoms with Gasteiger partial charge in [0.2, 0.25) is 5.91 Å². The minimum absolute atomic E-state index is 0.132. The molecular weight excluding hydrogens is 317 g/mol. The molecule has 1 amide bonds. The maximum atomic E-state index is 14.3. The van der Waals surface area contributed by atoms with Crippen LogP contribution in [0.25, 0.3) is 5.69 Å². The second-order valence-corrected chi connectivity index (χ2v) is 6.48. The van der Waals surface area contributed by atoms with Crippen molar-refractivity contribution in [3.63, 3.8) is 0 Å². The number of rotatable bonds is 2. The zero-order valence-corrected chi connectivity index (χ0v) is 14.1. The molecule has 4 rings (SSSR count). The molecule has 0 fully saturated rings. The van der Waals surface area contributed by atoms with Crippen LogP contribution < -0.4 is 5.32 Å². The number of hydrogen-bond donors (Lipinski definition) is 1. The van der Waals surface area contributed by atoms with Gasteiger partial charge in [-0.3, -0.25) is 4.79 Å². The van der Waals surface area contributed by atoms with E-state index in [2.05, 4.69) is 10.4 Å². The first-order valence-electron chi connectivity index (χ1n) is 8.24. The van der Waals surface area contributed by atoms with E-state index >= 15 is 0 Å². The lowest BCUT2D eigenvalue weighted by Crippen LogP contribution is -2.25. The highest BCUT2D eigenvalue weighted by molar-refractivity contribution is 5.94. The number of carbonyl (C=O) groups is 1. The van der Waals surface area contributed by atoms with E-state index in [1.54, 1.807) is 29.1 Å². The van der Waals surface area contributed by atoms with Gasteiger partial charge in [0.1, 0.15) is 11.6 Å². The van der Waals surface area contributed by atoms with Crippen molar-refractivity contribution in [1.82, 2.24) is 9.78 Å². The lowest BCUT2D eigenvalue weighted by molar-refractivity contribution is -0.116. The molecule has 0 radical (unpaired) electrons. The van der Waals surface area contributed by atoms with Crippen LogP contribution in [0.3, 0.4) is 0 Å². The van der Waals surface area contributed by atoms with Gasteiger partial charge >= 0.3 is 0 Å². The predicted octanol–water partition coefficient (Wildman–Crippen LogP) is 4.10. The molecule has 0 saturated heterocycles. The molecule has 0 saturated carbocycles. The second kappa shape index (κ2) is 5.84. The zero-order valence-electron chi connectivity index (χ0n) is 14.1. The van der Waals surface area contributed by atoms with E-state index in [0.29, 0.717) is 11.4 Å². The molecule has 3 aromatic rings. The number of carbonyl (C=O) groups excluding carboxylic acids is 1. The molecule has 5 heteroatoms. The Bertz CT molecular complexity index is 977. The highest BCUT2D eigenvalue weighted by Crippen LogP contribution is 2.39. The summed E-state index contributed by atoms with van der Waals surface area (Å²) in [5.41, 5.74) is 4.44. The van der Waals surface area contributed by atoms with Gasteiger partial charge in [-0.05, 0) is 42.7 Å². The summed E-state index contributed by atoms with van der Waals surface area (Å²) < 4.78 is 16.0. The van der Waals surface area contributed by atoms with E-state index in [1.807, 2.05) is 32.0 Å². The van der Waals surface area contributed by atoms with Gasteiger partial charge in [0.25, 0.3) is 0 Å². The summed E-state index contributed by atoms with van der Waals surface area (Å²) in [4.78, 5) is 12.3. The number of fused-ring (bicyclic) bond motifs is 1. The van der Waals surface area contributed by atoms with Gasteiger partial charge in [0.05, 0.1) is 11.9 Å². The Morgan fingerprint density at radius 2 is 1.96 bits per heavy atom. The van der Waals surface area contributed by atoms with Crippen molar-refractivity contribution in [2.75, 3.05) is 5.32 Å². The van der Waals surface area contributed by atoms with Crippen molar-refractivity contribution in [2.24, 2.45) is 0 Å². The number of nitrogens with one attached hydrogen (secondary N) is 1. The predicted molar refractivity (Wildman–Crippen MR) is 94.5 cm³/mol. The van der Waals surface area contributed by atoms with Crippen molar-refractivity contribution in [3.8, 4) is 5.69 Å². The molecule has 1 atom stereocenters. The van der Waals surface area contributed by atoms with Crippen LogP contribution in [-0.4, -0.2) is 15.7 Å². The number of halogens is 1. The van der Waals surface area contributed by atoms with Crippen LogP contribution >= 0.6 is 0 Å². The summed E-state index contributed by atoms with van der Waals surface area (Å²) in [6.45, 7) is 4.02. The normalized spacial score (nSPS) is 16.4. The summed E-state index contributed by atoms with van der Waals surface area (Å²) in [6, 6.07) is 12.7. The highest BCUT2D eigenvalue weighted by atomic mass is 19.1. The first kappa shape index (κ1) is 15.6. The van der Waals surface area contributed by atoms with Crippen LogP contribution in [-0.2, 0) is 4.79 Å². The molecule has 1 unspecified atom stereocenters. The van der Waals surface area contributed by atoms with E-state index in [4.69, 9.17) is 0 Å². The summed E-state index contributed by atoms with van der Waals surface area (Å²) >= 11 is 0. The Balaban J connectivity index is 1.88. The van der Waals surface area contributed by atoms with E-state index < -0.39 is 0 Å². The minimum Gasteiger partial charge on any atom is -0.310 e. The molecule has 1 N–H and O–H groups in total. The Labute approximate surface area is 145 Å². The number of benzene rings is 2. The lowest BCUT2D eigenvalue weighted by atomic mass is 9.87. The molecule has 2 aromatic carbocycles. The number of nitrogens with zero attached hydrogens (tertiary/aromatic N) is 2. The Kier molecular flexibility index (Phi) is 3.64. The number of hydrogen-bond acceptors (Lipinski definition) is 2. The largest absolute Gasteiger partial charge is 0.310 e. The van der Waals surface area contributed by atoms with Gasteiger partial charge in [-0.2, -0.15) is 5.10 Å². The Morgan fingerprint density at radius 1 is 1.16 bits per heavy atom. The van der Waals surface area contributed by atoms with Crippen LogP contribution in [0.1, 0.15) is 34.6 Å². The maximum Gasteiger partial charge on any atom is 0.226 e. The SMILES string of the molecule is Cc1ccc(C)c(-n2ncc3c2NC(=O)CC3c2ccccc2F)c1. The van der Waals surface area contributed by atoms with Gasteiger partial charge in [-0.1, -0.05) is 30.3 Å². The van der Waals surface area contributed by atoms with Crippen molar-refractivity contribution < 1.29 is 9.18 Å². The van der Waals surface area contributed by atoms with Crippen molar-refractivity contribution >= 4 is 11.7 Å². The van der Waals surface area contributed by atoms with E-state index in [-0.39, 0.29) is 24.1 Å². The van der Waals surface area contributed by atoms with Crippen LogP contribution in [0.15, 0.2) is 48.7 Å². The first-order chi connectivity index (χ1) is 12.0. The third kappa shape index (κ3) is 2.61. The molecule has 25 heavy (non-hydrogen) atoms. The van der Waals surface area contributed by atoms with Crippen molar-refractivity contribution in [3.05, 3.63) is 76.7 Å². The molecule has 0 aliphatic carbocycles. The molecule has 1 aliphatic heterocycles. The third-order valence-corrected chi connectivity index (χ3v) is 4.69. The molecule has 0 spiro atoms. The number of aryl methyl sites for hydroxylation is 2. The van der Waals surface area contributed by atoms with Gasteiger partial charge in [0, 0.05) is 17.9 Å². The van der Waals surface area contributed by atoms with Crippen LogP contribution in [0, 0.1) is 19.7 Å². The topological polar surface area (TPSA) is 46.9 Å². The first-order valence-corrected chi connectivity index (χ1v) is 8.24. The highest BCUT2D eigenvalue weighted by Gasteiger charge is 2.31. The van der Waals surface area contributed by atoms with Gasteiger partial charge < -0.3 is 5.32 Å². The standard InChI is InChI=1S/C20H18FN3O/c1-12-7-8-13(2)18(9-12)24-20-16(11-22-24)15(10-19(25)23-20)14-5-3-4-6-17(14)21/h3-9,11,15H,10H2,1-2H3,(H,23,25). The molecule has 1 aliphatic rings. The fourth-order valence-electron chi connectivity index (χ4n) is 3.39. The summed E-state index contributed by atoms with van der Waals surface area (Å²) in [6.07, 6.45) is 1.94. The number of aromatic nitrogens is 2. The van der Waals surface area contributed by atoms with E-state index in [9.17, 15) is 9.18 Å². The molecule has 1 aromatic heterocycles. The fourth-order valence-corrected chi connectivity index (χ4v) is 3.39. The maximum absolute atomic E-state index is 14.3. The average molecular weight is 335 g/mol. The van der Waals surface area contributed by atoms with E-state index in [0.717, 1.165) is 22.4 Å². The van der Waals surface area contributed by atoms with E-state index in [1.165, 1.54) is 6.07 Å². The van der Waals surface area contributed by atoms with Crippen LogP contribution in [0.2, 0.25) is 0 Å². The molecule has 126 valence electrons. The third-order valence-electron chi connectivity index (χ3n) is 4.69. The lowest BCUT2D eigenvalue weighted by Gasteiger charge is -2.24. The minimum atomic E-state index is -0.330. The van der Waals surface area contributed by atoms with Crippen molar-refractivity contribution in [2.45, 2.75) is 26.2 Å². The monoisotopic (exact) mass is 335 g/mol. The second-order valence-electron chi connectivity index (χ2n) is 6.48. The molecule has 4 nitrogen and oxygen atoms in total. The van der Waals surface area contributed by atoms with Gasteiger partial charge in [-0.25, -0.2) is 9.07 Å². The average Bonchev–Trinajstić information content (AvgIpc) is 3.00. The summed E-state index contributed by atoms with van der Waals surface area (Å²) in [5.74, 6) is -0.137. The quantitative estimate of drug-likeness (QED) is 0.766. The summed E-state index contributed by atoms with van der Waals surface area (Å²) in [5, 5.41) is 7.40. The zero-order chi connectivity index (χ0) is 17.6. The fraction of sp³-hybridized carbons (Fsp3) is 0.200. The van der Waals surface area contributed by atoms with Gasteiger partial charge in [0.15, 0.2) is 0 Å². The molecule has 2 heterocycles. The Hall–Kier alpha value is -2.95. The molecular formula is C20H18FN3O. The van der Waals surface area contributed by atoms with Crippen LogP contribution in [0.4, 0.5) is 10.2 Å². The smallest absolute Gasteiger partial charge is 0.226 e. The number of amides is 1. The van der Waals surface area contributed by atoms with Crippen LogP contribution in [0.5, 0.6) is 0 Å².